The maximum Gasteiger partial charge on any atom is 0.391 e. The molecule has 0 saturated heterocycles. The summed E-state index contributed by atoms with van der Waals surface area (Å²) < 4.78 is 36.3. The smallest absolute Gasteiger partial charge is 0.366 e. The molecule has 1 aromatic heterocycles. The van der Waals surface area contributed by atoms with Gasteiger partial charge in [0.15, 0.2) is 5.82 Å². The van der Waals surface area contributed by atoms with Gasteiger partial charge in [0.1, 0.15) is 0 Å². The molecule has 16 heavy (non-hydrogen) atoms. The van der Waals surface area contributed by atoms with Crippen LogP contribution >= 0.6 is 0 Å². The van der Waals surface area contributed by atoms with Crippen LogP contribution in [0.15, 0.2) is 0 Å². The van der Waals surface area contributed by atoms with E-state index in [-0.39, 0.29) is 0 Å². The molecule has 92 valence electrons. The first-order chi connectivity index (χ1) is 7.33. The van der Waals surface area contributed by atoms with Gasteiger partial charge in [0, 0.05) is 17.3 Å². The van der Waals surface area contributed by atoms with Crippen molar-refractivity contribution in [2.24, 2.45) is 0 Å². The number of anilines is 1. The summed E-state index contributed by atoms with van der Waals surface area (Å²) in [6.07, 6.45) is -4.22. The summed E-state index contributed by atoms with van der Waals surface area (Å²) in [6, 6.07) is -0.674. The number of nitrogens with one attached hydrogen (secondary N) is 2. The number of hydrogen-bond acceptors (Lipinski definition) is 2. The average Bonchev–Trinajstić information content (AvgIpc) is 2.44. The maximum absolute atomic E-state index is 12.1. The zero-order valence-corrected chi connectivity index (χ0v) is 9.57. The number of aryl methyl sites for hydroxylation is 1. The summed E-state index contributed by atoms with van der Waals surface area (Å²) >= 11 is 0. The van der Waals surface area contributed by atoms with Crippen molar-refractivity contribution in [3.05, 3.63) is 11.3 Å². The fourth-order valence-electron chi connectivity index (χ4n) is 1.55. The molecule has 0 aromatic carbocycles. The topological polar surface area (TPSA) is 40.7 Å². The molecule has 0 fully saturated rings. The van der Waals surface area contributed by atoms with E-state index in [2.05, 4.69) is 15.5 Å². The van der Waals surface area contributed by atoms with E-state index in [1.54, 1.807) is 0 Å². The normalized spacial score (nSPS) is 13.9. The fraction of sp³-hybridized carbons (Fsp3) is 0.700. The number of aromatic nitrogens is 2. The predicted molar refractivity (Wildman–Crippen MR) is 56.5 cm³/mol. The average molecular weight is 235 g/mol. The van der Waals surface area contributed by atoms with E-state index < -0.39 is 18.6 Å². The van der Waals surface area contributed by atoms with Crippen molar-refractivity contribution in [3.8, 4) is 0 Å². The van der Waals surface area contributed by atoms with E-state index >= 15 is 0 Å². The Kier molecular flexibility index (Phi) is 3.83. The Bertz CT molecular complexity index is 344. The first kappa shape index (κ1) is 12.9. The Morgan fingerprint density at radius 2 is 2.06 bits per heavy atom. The monoisotopic (exact) mass is 235 g/mol. The van der Waals surface area contributed by atoms with Crippen molar-refractivity contribution in [2.45, 2.75) is 45.8 Å². The molecule has 0 aliphatic heterocycles. The third kappa shape index (κ3) is 3.43. The van der Waals surface area contributed by atoms with Crippen molar-refractivity contribution in [1.82, 2.24) is 10.2 Å². The van der Waals surface area contributed by atoms with Gasteiger partial charge in [-0.1, -0.05) is 6.92 Å². The van der Waals surface area contributed by atoms with Crippen LogP contribution in [0.4, 0.5) is 19.0 Å². The van der Waals surface area contributed by atoms with Gasteiger partial charge in [0.05, 0.1) is 6.42 Å². The first-order valence-corrected chi connectivity index (χ1v) is 5.20. The number of nitrogens with zero attached hydrogens (tertiary/aromatic N) is 1. The van der Waals surface area contributed by atoms with Crippen LogP contribution in [0.3, 0.4) is 0 Å². The highest BCUT2D eigenvalue weighted by Gasteiger charge is 2.30. The van der Waals surface area contributed by atoms with Crippen molar-refractivity contribution in [3.63, 3.8) is 0 Å². The maximum atomic E-state index is 12.1. The van der Waals surface area contributed by atoms with Crippen LogP contribution in [0.5, 0.6) is 0 Å². The molecule has 1 atom stereocenters. The Hall–Kier alpha value is -1.20. The molecule has 6 heteroatoms. The lowest BCUT2D eigenvalue weighted by Gasteiger charge is -2.15. The second-order valence-corrected chi connectivity index (χ2v) is 3.89. The number of hydrogen-bond donors (Lipinski definition) is 2. The van der Waals surface area contributed by atoms with Crippen LogP contribution in [0.2, 0.25) is 0 Å². The van der Waals surface area contributed by atoms with E-state index in [1.807, 2.05) is 13.8 Å². The molecule has 3 nitrogen and oxygen atoms in total. The molecule has 0 radical (unpaired) electrons. The quantitative estimate of drug-likeness (QED) is 0.842. The number of alkyl halides is 3. The van der Waals surface area contributed by atoms with E-state index in [0.717, 1.165) is 17.7 Å². The minimum absolute atomic E-state index is 0.508. The Morgan fingerprint density at radius 1 is 1.44 bits per heavy atom. The van der Waals surface area contributed by atoms with Crippen molar-refractivity contribution in [1.29, 1.82) is 0 Å². The molecule has 1 unspecified atom stereocenters. The summed E-state index contributed by atoms with van der Waals surface area (Å²) in [5, 5.41) is 9.51. The van der Waals surface area contributed by atoms with Gasteiger partial charge in [0.2, 0.25) is 0 Å². The van der Waals surface area contributed by atoms with Crippen LogP contribution in [0.25, 0.3) is 0 Å². The van der Waals surface area contributed by atoms with Gasteiger partial charge in [-0.25, -0.2) is 0 Å². The molecule has 1 rings (SSSR count). The molecule has 0 aliphatic carbocycles. The Labute approximate surface area is 92.4 Å². The summed E-state index contributed by atoms with van der Waals surface area (Å²) in [5.74, 6) is 0.508. The van der Waals surface area contributed by atoms with E-state index in [9.17, 15) is 13.2 Å². The van der Waals surface area contributed by atoms with Crippen LogP contribution < -0.4 is 5.32 Å². The van der Waals surface area contributed by atoms with E-state index in [4.69, 9.17) is 0 Å². The number of H-pyrrole nitrogens is 1. The van der Waals surface area contributed by atoms with Crippen molar-refractivity contribution < 1.29 is 13.2 Å². The standard InChI is InChI=1S/C10H16F3N3/c1-4-8-7(3)9(16-15-8)14-6(2)5-10(11,12)13/h6H,4-5H2,1-3H3,(H2,14,15,16). The van der Waals surface area contributed by atoms with E-state index in [1.165, 1.54) is 6.92 Å². The Balaban J connectivity index is 2.63. The van der Waals surface area contributed by atoms with Crippen molar-refractivity contribution in [2.75, 3.05) is 5.32 Å². The third-order valence-corrected chi connectivity index (χ3v) is 2.38. The number of halogens is 3. The zero-order chi connectivity index (χ0) is 12.3. The van der Waals surface area contributed by atoms with Crippen LogP contribution in [0, 0.1) is 6.92 Å². The number of aromatic amines is 1. The summed E-state index contributed by atoms with van der Waals surface area (Å²) in [6.45, 7) is 5.29. The molecule has 0 bridgehead atoms. The SMILES string of the molecule is CCc1[nH]nc(NC(C)CC(F)(F)F)c1C. The van der Waals surface area contributed by atoms with Gasteiger partial charge in [-0.2, -0.15) is 18.3 Å². The largest absolute Gasteiger partial charge is 0.391 e. The van der Waals surface area contributed by atoms with Crippen LogP contribution in [-0.2, 0) is 6.42 Å². The third-order valence-electron chi connectivity index (χ3n) is 2.38. The molecular weight excluding hydrogens is 219 g/mol. The summed E-state index contributed by atoms with van der Waals surface area (Å²) in [4.78, 5) is 0. The molecule has 0 saturated carbocycles. The summed E-state index contributed by atoms with van der Waals surface area (Å²) in [7, 11) is 0. The molecule has 0 amide bonds. The van der Waals surface area contributed by atoms with Crippen LogP contribution in [0.1, 0.15) is 31.5 Å². The van der Waals surface area contributed by atoms with E-state index in [0.29, 0.717) is 5.82 Å². The predicted octanol–water partition coefficient (Wildman–Crippen LogP) is 3.03. The highest BCUT2D eigenvalue weighted by Crippen LogP contribution is 2.24. The molecule has 0 spiro atoms. The molecule has 1 aromatic rings. The van der Waals surface area contributed by atoms with Gasteiger partial charge in [-0.15, -0.1) is 0 Å². The second kappa shape index (κ2) is 4.76. The van der Waals surface area contributed by atoms with Gasteiger partial charge < -0.3 is 5.32 Å². The molecule has 2 N–H and O–H groups in total. The lowest BCUT2D eigenvalue weighted by Crippen LogP contribution is -2.24. The van der Waals surface area contributed by atoms with Crippen molar-refractivity contribution >= 4 is 5.82 Å². The fourth-order valence-corrected chi connectivity index (χ4v) is 1.55. The lowest BCUT2D eigenvalue weighted by molar-refractivity contribution is -0.136. The number of rotatable bonds is 4. The van der Waals surface area contributed by atoms with Gasteiger partial charge in [-0.3, -0.25) is 5.10 Å². The zero-order valence-electron chi connectivity index (χ0n) is 9.57. The minimum atomic E-state index is -4.15. The highest BCUT2D eigenvalue weighted by atomic mass is 19.4. The minimum Gasteiger partial charge on any atom is -0.366 e. The van der Waals surface area contributed by atoms with Crippen LogP contribution in [-0.4, -0.2) is 22.4 Å². The molecule has 1 heterocycles. The summed E-state index contributed by atoms with van der Waals surface area (Å²) in [5.41, 5.74) is 1.83. The first-order valence-electron chi connectivity index (χ1n) is 5.20. The van der Waals surface area contributed by atoms with Gasteiger partial charge in [-0.05, 0) is 20.3 Å². The molecular formula is C10H16F3N3. The molecule has 0 aliphatic rings. The Morgan fingerprint density at radius 3 is 2.50 bits per heavy atom. The lowest BCUT2D eigenvalue weighted by atomic mass is 10.2. The second-order valence-electron chi connectivity index (χ2n) is 3.89. The van der Waals surface area contributed by atoms with Gasteiger partial charge >= 0.3 is 6.18 Å². The van der Waals surface area contributed by atoms with Gasteiger partial charge in [0.25, 0.3) is 0 Å². The highest BCUT2D eigenvalue weighted by molar-refractivity contribution is 5.46.